The number of allylic oxidation sites excluding steroid dienone is 6. The first-order valence-electron chi connectivity index (χ1n) is 13.5. The molecule has 0 radical (unpaired) electrons. The van der Waals surface area contributed by atoms with E-state index >= 15 is 0 Å². The van der Waals surface area contributed by atoms with Crippen molar-refractivity contribution >= 4 is 11.9 Å². The summed E-state index contributed by atoms with van der Waals surface area (Å²) < 4.78 is 5.01. The number of aliphatic carboxylic acids is 1. The second kappa shape index (κ2) is 10.5. The Kier molecular flexibility index (Phi) is 8.23. The topological polar surface area (TPSA) is 63.6 Å². The van der Waals surface area contributed by atoms with Crippen LogP contribution in [0.2, 0.25) is 0 Å². The Morgan fingerprint density at radius 3 is 2.51 bits per heavy atom. The van der Waals surface area contributed by atoms with E-state index in [9.17, 15) is 9.59 Å². The largest absolute Gasteiger partial charge is 0.478 e. The molecular formula is C31H46O4. The lowest BCUT2D eigenvalue weighted by molar-refractivity contribution is -0.141. The molecule has 5 atom stereocenters. The van der Waals surface area contributed by atoms with E-state index in [1.54, 1.807) is 29.2 Å². The van der Waals surface area contributed by atoms with Gasteiger partial charge in [0.25, 0.3) is 0 Å². The predicted octanol–water partition coefficient (Wildman–Crippen LogP) is 7.81. The number of fused-ring (bicyclic) bond motifs is 2. The molecule has 35 heavy (non-hydrogen) atoms. The molecule has 4 nitrogen and oxygen atoms in total. The van der Waals surface area contributed by atoms with Crippen molar-refractivity contribution < 1.29 is 19.4 Å². The van der Waals surface area contributed by atoms with Crippen LogP contribution in [0.1, 0.15) is 99.3 Å². The third-order valence-electron chi connectivity index (χ3n) is 9.66. The van der Waals surface area contributed by atoms with E-state index in [0.717, 1.165) is 44.9 Å². The van der Waals surface area contributed by atoms with Gasteiger partial charge in [-0.2, -0.15) is 0 Å². The summed E-state index contributed by atoms with van der Waals surface area (Å²) >= 11 is 0. The fraction of sp³-hybridized carbons (Fsp3) is 0.677. The van der Waals surface area contributed by atoms with Crippen molar-refractivity contribution in [1.29, 1.82) is 0 Å². The van der Waals surface area contributed by atoms with Gasteiger partial charge in [0.2, 0.25) is 0 Å². The molecule has 0 heterocycles. The minimum Gasteiger partial charge on any atom is -0.478 e. The highest BCUT2D eigenvalue weighted by Gasteiger charge is 2.52. The molecule has 0 aromatic carbocycles. The van der Waals surface area contributed by atoms with Gasteiger partial charge in [-0.3, -0.25) is 4.79 Å². The van der Waals surface area contributed by atoms with Crippen molar-refractivity contribution in [2.45, 2.75) is 99.3 Å². The molecule has 0 saturated heterocycles. The maximum Gasteiger partial charge on any atom is 0.330 e. The van der Waals surface area contributed by atoms with Crippen molar-refractivity contribution in [1.82, 2.24) is 0 Å². The van der Waals surface area contributed by atoms with Crippen molar-refractivity contribution in [2.75, 3.05) is 7.11 Å². The van der Waals surface area contributed by atoms with Crippen LogP contribution in [0.5, 0.6) is 0 Å². The molecule has 0 aromatic heterocycles. The Bertz CT molecular complexity index is 980. The van der Waals surface area contributed by atoms with Gasteiger partial charge in [-0.25, -0.2) is 4.79 Å². The van der Waals surface area contributed by atoms with Crippen molar-refractivity contribution in [3.05, 3.63) is 46.1 Å². The van der Waals surface area contributed by atoms with Gasteiger partial charge in [0.15, 0.2) is 0 Å². The Balaban J connectivity index is 1.97. The van der Waals surface area contributed by atoms with Crippen LogP contribution >= 0.6 is 0 Å². The van der Waals surface area contributed by atoms with Gasteiger partial charge in [-0.15, -0.1) is 0 Å². The van der Waals surface area contributed by atoms with E-state index in [4.69, 9.17) is 9.84 Å². The summed E-state index contributed by atoms with van der Waals surface area (Å²) in [5, 5.41) is 9.16. The van der Waals surface area contributed by atoms with Gasteiger partial charge in [-0.05, 0) is 88.4 Å². The van der Waals surface area contributed by atoms with Crippen LogP contribution in [-0.4, -0.2) is 24.2 Å². The molecule has 1 N–H and O–H groups in total. The van der Waals surface area contributed by atoms with Crippen LogP contribution in [0.4, 0.5) is 0 Å². The zero-order valence-electron chi connectivity index (χ0n) is 23.1. The number of carboxylic acids is 1. The number of esters is 1. The van der Waals surface area contributed by atoms with Crippen molar-refractivity contribution in [2.24, 2.45) is 28.6 Å². The summed E-state index contributed by atoms with van der Waals surface area (Å²) in [6, 6.07) is 0. The summed E-state index contributed by atoms with van der Waals surface area (Å²) in [6.45, 7) is 17.8. The van der Waals surface area contributed by atoms with Crippen molar-refractivity contribution in [3.8, 4) is 0 Å². The first-order valence-corrected chi connectivity index (χ1v) is 13.5. The van der Waals surface area contributed by atoms with Crippen LogP contribution in [0.3, 0.4) is 0 Å². The van der Waals surface area contributed by atoms with Crippen LogP contribution in [0.15, 0.2) is 46.1 Å². The average Bonchev–Trinajstić information content (AvgIpc) is 3.17. The second-order valence-corrected chi connectivity index (χ2v) is 11.9. The molecule has 3 aliphatic rings. The number of hydrogen-bond acceptors (Lipinski definition) is 3. The summed E-state index contributed by atoms with van der Waals surface area (Å²) in [5.74, 6) is 0.396. The van der Waals surface area contributed by atoms with Gasteiger partial charge in [0.05, 0.1) is 7.11 Å². The second-order valence-electron chi connectivity index (χ2n) is 11.9. The van der Waals surface area contributed by atoms with Crippen LogP contribution < -0.4 is 0 Å². The highest BCUT2D eigenvalue weighted by atomic mass is 16.5. The molecule has 0 bridgehead atoms. The van der Waals surface area contributed by atoms with Gasteiger partial charge in [0, 0.05) is 17.4 Å². The average molecular weight is 483 g/mol. The Morgan fingerprint density at radius 2 is 1.91 bits per heavy atom. The van der Waals surface area contributed by atoms with Gasteiger partial charge in [0.1, 0.15) is 0 Å². The maximum atomic E-state index is 12.1. The first-order chi connectivity index (χ1) is 16.4. The molecule has 0 saturated carbocycles. The smallest absolute Gasteiger partial charge is 0.330 e. The van der Waals surface area contributed by atoms with Crippen LogP contribution in [-0.2, 0) is 14.3 Å². The summed E-state index contributed by atoms with van der Waals surface area (Å²) in [4.78, 5) is 23.3. The monoisotopic (exact) mass is 482 g/mol. The lowest BCUT2D eigenvalue weighted by Gasteiger charge is -2.53. The Morgan fingerprint density at radius 1 is 1.23 bits per heavy atom. The SMILES string of the molecule is C=C(C)[C@@H]1CCC2=C(C[C@@H](C)C3=C([C@H](C)CC/C=C(/C)C(=O)O)CC[C@@]23C)[C@@]1(C)CCC(=O)OC. The number of carboxylic acid groups (broad SMARTS) is 1. The van der Waals surface area contributed by atoms with Crippen molar-refractivity contribution in [3.63, 3.8) is 0 Å². The van der Waals surface area contributed by atoms with E-state index in [-0.39, 0.29) is 16.8 Å². The van der Waals surface area contributed by atoms with Gasteiger partial charge >= 0.3 is 11.9 Å². The highest BCUT2D eigenvalue weighted by Crippen LogP contribution is 2.65. The third-order valence-corrected chi connectivity index (χ3v) is 9.66. The quantitative estimate of drug-likeness (QED) is 0.207. The minimum atomic E-state index is -0.825. The number of ether oxygens (including phenoxy) is 1. The zero-order chi connectivity index (χ0) is 26.1. The van der Waals surface area contributed by atoms with Gasteiger partial charge < -0.3 is 9.84 Å². The van der Waals surface area contributed by atoms with Gasteiger partial charge in [-0.1, -0.05) is 68.2 Å². The molecule has 0 aromatic rings. The van der Waals surface area contributed by atoms with Crippen LogP contribution in [0, 0.1) is 28.6 Å². The molecule has 0 fully saturated rings. The molecule has 4 heteroatoms. The van der Waals surface area contributed by atoms with Crippen LogP contribution in [0.25, 0.3) is 0 Å². The zero-order valence-corrected chi connectivity index (χ0v) is 23.1. The van der Waals surface area contributed by atoms with E-state index in [1.807, 2.05) is 6.08 Å². The number of carbonyl (C=O) groups excluding carboxylic acids is 1. The number of hydrogen-bond donors (Lipinski definition) is 1. The highest BCUT2D eigenvalue weighted by molar-refractivity contribution is 5.85. The Labute approximate surface area is 212 Å². The number of methoxy groups -OCH3 is 1. The van der Waals surface area contributed by atoms with E-state index in [0.29, 0.717) is 29.7 Å². The Hall–Kier alpha value is -2.10. The minimum absolute atomic E-state index is 0.0517. The molecule has 0 amide bonds. The lowest BCUT2D eigenvalue weighted by Crippen LogP contribution is -2.42. The molecule has 0 aliphatic heterocycles. The molecular weight excluding hydrogens is 436 g/mol. The third kappa shape index (κ3) is 5.08. The van der Waals surface area contributed by atoms with E-state index in [1.165, 1.54) is 19.1 Å². The molecule has 3 aliphatic carbocycles. The predicted molar refractivity (Wildman–Crippen MR) is 142 cm³/mol. The fourth-order valence-corrected chi connectivity index (χ4v) is 7.77. The fourth-order valence-electron chi connectivity index (χ4n) is 7.77. The van der Waals surface area contributed by atoms with E-state index in [2.05, 4.69) is 41.2 Å². The normalized spacial score (nSPS) is 31.7. The molecule has 0 unspecified atom stereocenters. The standard InChI is InChI=1S/C31H46O4/c1-19(2)24-12-13-25-26(30(24,6)17-15-27(32)35-8)18-22(5)28-23(14-16-31(25,28)7)20(3)10-9-11-21(4)29(33)34/h11,20,22,24H,1,9-10,12-18H2,2-8H3,(H,33,34)/b21-11-/t20-,22-,24+,30+,31+/m1/s1. The first kappa shape index (κ1) is 27.5. The molecule has 194 valence electrons. The summed E-state index contributed by atoms with van der Waals surface area (Å²) in [5.41, 5.74) is 8.23. The maximum absolute atomic E-state index is 12.1. The lowest BCUT2D eigenvalue weighted by atomic mass is 9.51. The number of carbonyl (C=O) groups is 2. The number of rotatable bonds is 9. The van der Waals surface area contributed by atoms with E-state index < -0.39 is 5.97 Å². The summed E-state index contributed by atoms with van der Waals surface area (Å²) in [7, 11) is 1.48. The molecule has 0 spiro atoms. The summed E-state index contributed by atoms with van der Waals surface area (Å²) in [6.07, 6.45) is 10.5. The molecule has 3 rings (SSSR count).